The molecular weight excluding hydrogens is 294 g/mol. The van der Waals surface area contributed by atoms with Crippen LogP contribution >= 0.6 is 11.6 Å². The lowest BCUT2D eigenvalue weighted by Gasteiger charge is -2.09. The van der Waals surface area contributed by atoms with Gasteiger partial charge in [-0.1, -0.05) is 11.6 Å². The summed E-state index contributed by atoms with van der Waals surface area (Å²) in [6, 6.07) is 6.76. The van der Waals surface area contributed by atoms with Gasteiger partial charge < -0.3 is 15.4 Å². The molecule has 1 aromatic heterocycles. The lowest BCUT2D eigenvalue weighted by atomic mass is 10.3. The Balaban J connectivity index is 1.61. The first kappa shape index (κ1) is 15.1. The van der Waals surface area contributed by atoms with Gasteiger partial charge in [-0.05, 0) is 24.3 Å². The average Bonchev–Trinajstić information content (AvgIpc) is 2.89. The number of hydrogen-bond donors (Lipinski definition) is 2. The molecule has 1 heterocycles. The molecule has 2 aromatic rings. The minimum Gasteiger partial charge on any atom is -0.492 e. The van der Waals surface area contributed by atoms with E-state index in [2.05, 4.69) is 20.7 Å². The summed E-state index contributed by atoms with van der Waals surface area (Å²) in [6.45, 7) is 1.09. The second-order valence-electron chi connectivity index (χ2n) is 4.21. The van der Waals surface area contributed by atoms with Crippen molar-refractivity contribution in [3.05, 3.63) is 41.4 Å². The molecule has 2 amide bonds. The van der Waals surface area contributed by atoms with Crippen molar-refractivity contribution in [3.8, 4) is 5.75 Å². The highest BCUT2D eigenvalue weighted by atomic mass is 35.5. The van der Waals surface area contributed by atoms with E-state index in [4.69, 9.17) is 16.3 Å². The third-order valence-corrected chi connectivity index (χ3v) is 2.93. The highest BCUT2D eigenvalue weighted by molar-refractivity contribution is 6.30. The number of ether oxygens (including phenoxy) is 1. The van der Waals surface area contributed by atoms with E-state index in [1.54, 1.807) is 36.0 Å². The van der Waals surface area contributed by atoms with Crippen LogP contribution in [0.1, 0.15) is 5.82 Å². The second-order valence-corrected chi connectivity index (χ2v) is 4.65. The van der Waals surface area contributed by atoms with E-state index in [1.165, 1.54) is 6.33 Å². The molecule has 0 aliphatic rings. The average molecular weight is 310 g/mol. The van der Waals surface area contributed by atoms with E-state index >= 15 is 0 Å². The summed E-state index contributed by atoms with van der Waals surface area (Å²) in [5.41, 5.74) is 0. The Morgan fingerprint density at radius 3 is 2.76 bits per heavy atom. The van der Waals surface area contributed by atoms with Crippen molar-refractivity contribution in [2.75, 3.05) is 13.2 Å². The van der Waals surface area contributed by atoms with Crippen LogP contribution in [0.25, 0.3) is 0 Å². The molecule has 0 saturated carbocycles. The minimum absolute atomic E-state index is 0.280. The summed E-state index contributed by atoms with van der Waals surface area (Å²) in [5.74, 6) is 1.39. The molecule has 2 N–H and O–H groups in total. The van der Waals surface area contributed by atoms with Gasteiger partial charge in [-0.15, -0.1) is 0 Å². The van der Waals surface area contributed by atoms with Crippen LogP contribution in [-0.4, -0.2) is 33.9 Å². The molecule has 0 atom stereocenters. The number of carbonyl (C=O) groups excluding carboxylic acids is 1. The standard InChI is InChI=1S/C13H16ClN5O2/c1-19-12(17-9-18-19)8-16-13(20)15-6-7-21-11-4-2-10(14)3-5-11/h2-5,9H,6-8H2,1H3,(H2,15,16,20). The van der Waals surface area contributed by atoms with Crippen molar-refractivity contribution in [1.29, 1.82) is 0 Å². The molecule has 0 unspecified atom stereocenters. The van der Waals surface area contributed by atoms with E-state index < -0.39 is 0 Å². The molecule has 112 valence electrons. The SMILES string of the molecule is Cn1ncnc1CNC(=O)NCCOc1ccc(Cl)cc1. The summed E-state index contributed by atoms with van der Waals surface area (Å²) >= 11 is 5.77. The van der Waals surface area contributed by atoms with Gasteiger partial charge in [-0.3, -0.25) is 4.68 Å². The van der Waals surface area contributed by atoms with Crippen molar-refractivity contribution in [1.82, 2.24) is 25.4 Å². The summed E-state index contributed by atoms with van der Waals surface area (Å²) in [5, 5.41) is 9.94. The molecule has 0 aliphatic carbocycles. The molecule has 0 aliphatic heterocycles. The Labute approximate surface area is 127 Å². The van der Waals surface area contributed by atoms with Gasteiger partial charge in [0.25, 0.3) is 0 Å². The molecule has 0 bridgehead atoms. The number of rotatable bonds is 6. The van der Waals surface area contributed by atoms with Crippen LogP contribution in [0, 0.1) is 0 Å². The molecule has 21 heavy (non-hydrogen) atoms. The van der Waals surface area contributed by atoms with Crippen LogP contribution in [0.4, 0.5) is 4.79 Å². The molecule has 0 saturated heterocycles. The van der Waals surface area contributed by atoms with E-state index in [0.717, 1.165) is 0 Å². The van der Waals surface area contributed by atoms with E-state index in [0.29, 0.717) is 36.3 Å². The number of carbonyl (C=O) groups is 1. The van der Waals surface area contributed by atoms with Crippen LogP contribution in [-0.2, 0) is 13.6 Å². The van der Waals surface area contributed by atoms with Crippen LogP contribution < -0.4 is 15.4 Å². The Hall–Kier alpha value is -2.28. The summed E-state index contributed by atoms with van der Waals surface area (Å²) in [4.78, 5) is 15.6. The maximum absolute atomic E-state index is 11.6. The van der Waals surface area contributed by atoms with Crippen molar-refractivity contribution in [2.45, 2.75) is 6.54 Å². The van der Waals surface area contributed by atoms with Crippen molar-refractivity contribution < 1.29 is 9.53 Å². The van der Waals surface area contributed by atoms with Gasteiger partial charge in [0.15, 0.2) is 0 Å². The number of nitrogens with zero attached hydrogens (tertiary/aromatic N) is 3. The number of amides is 2. The van der Waals surface area contributed by atoms with Crippen molar-refractivity contribution in [2.24, 2.45) is 7.05 Å². The maximum atomic E-state index is 11.6. The molecule has 8 heteroatoms. The summed E-state index contributed by atoms with van der Waals surface area (Å²) < 4.78 is 7.05. The molecule has 0 fully saturated rings. The Morgan fingerprint density at radius 2 is 2.10 bits per heavy atom. The number of urea groups is 1. The first-order valence-electron chi connectivity index (χ1n) is 6.38. The van der Waals surface area contributed by atoms with Crippen molar-refractivity contribution >= 4 is 17.6 Å². The topological polar surface area (TPSA) is 81.1 Å². The zero-order valence-electron chi connectivity index (χ0n) is 11.5. The lowest BCUT2D eigenvalue weighted by Crippen LogP contribution is -2.37. The fourth-order valence-electron chi connectivity index (χ4n) is 1.57. The molecular formula is C13H16ClN5O2. The fourth-order valence-corrected chi connectivity index (χ4v) is 1.69. The number of hydrogen-bond acceptors (Lipinski definition) is 4. The molecule has 7 nitrogen and oxygen atoms in total. The lowest BCUT2D eigenvalue weighted by molar-refractivity contribution is 0.235. The van der Waals surface area contributed by atoms with Crippen molar-refractivity contribution in [3.63, 3.8) is 0 Å². The first-order chi connectivity index (χ1) is 10.1. The maximum Gasteiger partial charge on any atom is 0.315 e. The molecule has 2 rings (SSSR count). The zero-order valence-corrected chi connectivity index (χ0v) is 12.3. The van der Waals surface area contributed by atoms with Gasteiger partial charge >= 0.3 is 6.03 Å². The molecule has 0 spiro atoms. The monoisotopic (exact) mass is 309 g/mol. The van der Waals surface area contributed by atoms with E-state index in [1.807, 2.05) is 0 Å². The highest BCUT2D eigenvalue weighted by Crippen LogP contribution is 2.14. The second kappa shape index (κ2) is 7.49. The molecule has 0 radical (unpaired) electrons. The van der Waals surface area contributed by atoms with Gasteiger partial charge in [-0.25, -0.2) is 9.78 Å². The Kier molecular flexibility index (Phi) is 5.39. The summed E-state index contributed by atoms with van der Waals surface area (Å²) in [7, 11) is 1.77. The number of benzene rings is 1. The van der Waals surface area contributed by atoms with Gasteiger partial charge in [0.05, 0.1) is 13.1 Å². The van der Waals surface area contributed by atoms with Gasteiger partial charge in [0, 0.05) is 12.1 Å². The fraction of sp³-hybridized carbons (Fsp3) is 0.308. The minimum atomic E-state index is -0.280. The number of nitrogens with one attached hydrogen (secondary N) is 2. The number of halogens is 1. The van der Waals surface area contributed by atoms with Crippen LogP contribution in [0.15, 0.2) is 30.6 Å². The van der Waals surface area contributed by atoms with E-state index in [-0.39, 0.29) is 6.03 Å². The Bertz CT molecular complexity index is 585. The van der Waals surface area contributed by atoms with Gasteiger partial charge in [0.2, 0.25) is 0 Å². The zero-order chi connectivity index (χ0) is 15.1. The number of aromatic nitrogens is 3. The van der Waals surface area contributed by atoms with Crippen LogP contribution in [0.5, 0.6) is 5.75 Å². The largest absolute Gasteiger partial charge is 0.492 e. The predicted octanol–water partition coefficient (Wildman–Crippen LogP) is 1.35. The summed E-state index contributed by atoms with van der Waals surface area (Å²) in [6.07, 6.45) is 1.44. The third kappa shape index (κ3) is 4.96. The first-order valence-corrected chi connectivity index (χ1v) is 6.76. The van der Waals surface area contributed by atoms with E-state index in [9.17, 15) is 4.79 Å². The van der Waals surface area contributed by atoms with Gasteiger partial charge in [0.1, 0.15) is 24.5 Å². The quantitative estimate of drug-likeness (QED) is 0.789. The predicted molar refractivity (Wildman–Crippen MR) is 78.2 cm³/mol. The van der Waals surface area contributed by atoms with Crippen LogP contribution in [0.3, 0.4) is 0 Å². The Morgan fingerprint density at radius 1 is 1.33 bits per heavy atom. The highest BCUT2D eigenvalue weighted by Gasteiger charge is 2.03. The van der Waals surface area contributed by atoms with Crippen LogP contribution in [0.2, 0.25) is 5.02 Å². The number of aryl methyl sites for hydroxylation is 1. The van der Waals surface area contributed by atoms with Gasteiger partial charge in [-0.2, -0.15) is 5.10 Å². The third-order valence-electron chi connectivity index (χ3n) is 2.68. The normalized spacial score (nSPS) is 10.2. The molecule has 1 aromatic carbocycles. The smallest absolute Gasteiger partial charge is 0.315 e.